The van der Waals surface area contributed by atoms with Crippen LogP contribution in [0.25, 0.3) is 0 Å². The maximum Gasteiger partial charge on any atom is 0.243 e. The van der Waals surface area contributed by atoms with Gasteiger partial charge in [-0.1, -0.05) is 22.4 Å². The van der Waals surface area contributed by atoms with Crippen LogP contribution in [0.2, 0.25) is 0 Å². The lowest BCUT2D eigenvalue weighted by molar-refractivity contribution is 0.257. The largest absolute Gasteiger partial charge is 0.329 e. The predicted octanol–water partition coefficient (Wildman–Crippen LogP) is 2.68. The Hall–Kier alpha value is -0.140. The van der Waals surface area contributed by atoms with E-state index >= 15 is 0 Å². The number of rotatable bonds is 3. The summed E-state index contributed by atoms with van der Waals surface area (Å²) < 4.78 is 27.8. The summed E-state index contributed by atoms with van der Waals surface area (Å²) in [5, 5.41) is 0. The van der Waals surface area contributed by atoms with Crippen molar-refractivity contribution in [3.8, 4) is 0 Å². The Bertz CT molecular complexity index is 545. The highest BCUT2D eigenvalue weighted by atomic mass is 79.9. The van der Waals surface area contributed by atoms with Gasteiger partial charge in [0.05, 0.1) is 4.90 Å². The molecule has 0 spiro atoms. The molecule has 0 amide bonds. The molecule has 1 saturated heterocycles. The molecule has 1 heterocycles. The van der Waals surface area contributed by atoms with Crippen LogP contribution in [0.5, 0.6) is 0 Å². The Labute approximate surface area is 135 Å². The van der Waals surface area contributed by atoms with E-state index in [0.29, 0.717) is 18.0 Å². The number of halogens is 2. The van der Waals surface area contributed by atoms with Gasteiger partial charge in [0.2, 0.25) is 10.0 Å². The first-order valence-corrected chi connectivity index (χ1v) is 8.67. The zero-order valence-electron chi connectivity index (χ0n) is 11.4. The van der Waals surface area contributed by atoms with Crippen molar-refractivity contribution in [3.05, 3.63) is 28.2 Å². The van der Waals surface area contributed by atoms with Crippen molar-refractivity contribution in [2.75, 3.05) is 13.1 Å². The topological polar surface area (TPSA) is 63.4 Å². The first kappa shape index (κ1) is 17.9. The first-order valence-electron chi connectivity index (χ1n) is 6.44. The molecule has 1 unspecified atom stereocenters. The smallest absolute Gasteiger partial charge is 0.243 e. The van der Waals surface area contributed by atoms with E-state index in [4.69, 9.17) is 5.73 Å². The van der Waals surface area contributed by atoms with Crippen LogP contribution in [0.4, 0.5) is 0 Å². The van der Waals surface area contributed by atoms with Gasteiger partial charge in [0, 0.05) is 23.6 Å². The monoisotopic (exact) mass is 382 g/mol. The second-order valence-electron chi connectivity index (χ2n) is 4.97. The van der Waals surface area contributed by atoms with Crippen LogP contribution >= 0.6 is 28.3 Å². The summed E-state index contributed by atoms with van der Waals surface area (Å²) in [5.74, 6) is 0. The number of sulfonamides is 1. The van der Waals surface area contributed by atoms with Gasteiger partial charge >= 0.3 is 0 Å². The van der Waals surface area contributed by atoms with Crippen LogP contribution in [-0.2, 0) is 10.0 Å². The van der Waals surface area contributed by atoms with Crippen LogP contribution in [0.3, 0.4) is 0 Å². The molecule has 0 aromatic heterocycles. The van der Waals surface area contributed by atoms with Gasteiger partial charge in [0.15, 0.2) is 0 Å². The third kappa shape index (κ3) is 3.74. The van der Waals surface area contributed by atoms with E-state index in [1.165, 1.54) is 0 Å². The van der Waals surface area contributed by atoms with E-state index in [2.05, 4.69) is 15.9 Å². The highest BCUT2D eigenvalue weighted by Crippen LogP contribution is 2.27. The lowest BCUT2D eigenvalue weighted by atomic mass is 10.1. The predicted molar refractivity (Wildman–Crippen MR) is 86.7 cm³/mol. The number of hydrogen-bond acceptors (Lipinski definition) is 3. The number of nitrogens with two attached hydrogens (primary N) is 1. The molecule has 0 radical (unpaired) electrons. The van der Waals surface area contributed by atoms with E-state index in [1.807, 2.05) is 13.0 Å². The Morgan fingerprint density at radius 3 is 2.65 bits per heavy atom. The SMILES string of the molecule is Cc1cc(Br)cc(S(=O)(=O)N2CCCCC2CN)c1.Cl. The van der Waals surface area contributed by atoms with Gasteiger partial charge in [-0.2, -0.15) is 4.31 Å². The summed E-state index contributed by atoms with van der Waals surface area (Å²) in [4.78, 5) is 0.347. The van der Waals surface area contributed by atoms with Crippen LogP contribution in [-0.4, -0.2) is 31.9 Å². The molecule has 0 saturated carbocycles. The molecule has 1 atom stereocenters. The van der Waals surface area contributed by atoms with Gasteiger partial charge < -0.3 is 5.73 Å². The van der Waals surface area contributed by atoms with Crippen LogP contribution in [0, 0.1) is 6.92 Å². The van der Waals surface area contributed by atoms with Gasteiger partial charge in [-0.25, -0.2) is 8.42 Å². The van der Waals surface area contributed by atoms with Crippen LogP contribution < -0.4 is 5.73 Å². The third-order valence-electron chi connectivity index (χ3n) is 3.47. The summed E-state index contributed by atoms with van der Waals surface area (Å²) in [6.07, 6.45) is 2.80. The van der Waals surface area contributed by atoms with E-state index in [9.17, 15) is 8.42 Å². The van der Waals surface area contributed by atoms with Crippen molar-refractivity contribution in [2.45, 2.75) is 37.1 Å². The molecule has 7 heteroatoms. The van der Waals surface area contributed by atoms with Crippen molar-refractivity contribution < 1.29 is 8.42 Å². The van der Waals surface area contributed by atoms with Gasteiger partial charge in [-0.05, 0) is 43.5 Å². The molecule has 1 aromatic rings. The second-order valence-corrected chi connectivity index (χ2v) is 7.77. The maximum absolute atomic E-state index is 12.7. The van der Waals surface area contributed by atoms with E-state index in [0.717, 1.165) is 29.3 Å². The summed E-state index contributed by atoms with van der Waals surface area (Å²) in [7, 11) is -3.44. The minimum atomic E-state index is -3.44. The quantitative estimate of drug-likeness (QED) is 0.873. The molecule has 1 aliphatic heterocycles. The minimum absolute atomic E-state index is 0. The van der Waals surface area contributed by atoms with E-state index in [1.54, 1.807) is 16.4 Å². The fourth-order valence-electron chi connectivity index (χ4n) is 2.51. The highest BCUT2D eigenvalue weighted by molar-refractivity contribution is 9.10. The fraction of sp³-hybridized carbons (Fsp3) is 0.538. The lowest BCUT2D eigenvalue weighted by Crippen LogP contribution is -2.47. The lowest BCUT2D eigenvalue weighted by Gasteiger charge is -2.34. The molecule has 114 valence electrons. The van der Waals surface area contributed by atoms with Gasteiger partial charge in [-0.3, -0.25) is 0 Å². The van der Waals surface area contributed by atoms with Crippen LogP contribution in [0.15, 0.2) is 27.6 Å². The number of benzene rings is 1. The van der Waals surface area contributed by atoms with Crippen molar-refractivity contribution in [3.63, 3.8) is 0 Å². The van der Waals surface area contributed by atoms with Gasteiger partial charge in [-0.15, -0.1) is 12.4 Å². The van der Waals surface area contributed by atoms with Crippen molar-refractivity contribution >= 4 is 38.4 Å². The molecule has 0 aliphatic carbocycles. The molecule has 1 aromatic carbocycles. The number of piperidine rings is 1. The molecular weight excluding hydrogens is 364 g/mol. The minimum Gasteiger partial charge on any atom is -0.329 e. The molecule has 1 aliphatic rings. The van der Waals surface area contributed by atoms with Gasteiger partial charge in [0.25, 0.3) is 0 Å². The zero-order chi connectivity index (χ0) is 14.0. The Kier molecular flexibility index (Phi) is 6.47. The summed E-state index contributed by atoms with van der Waals surface area (Å²) in [6, 6.07) is 5.20. The molecule has 1 fully saturated rings. The first-order chi connectivity index (χ1) is 8.95. The summed E-state index contributed by atoms with van der Waals surface area (Å²) >= 11 is 3.35. The Morgan fingerprint density at radius 2 is 2.05 bits per heavy atom. The van der Waals surface area contributed by atoms with Crippen LogP contribution in [0.1, 0.15) is 24.8 Å². The molecule has 0 bridgehead atoms. The normalized spacial score (nSPS) is 20.4. The number of hydrogen-bond donors (Lipinski definition) is 1. The Morgan fingerprint density at radius 1 is 1.35 bits per heavy atom. The van der Waals surface area contributed by atoms with E-state index in [-0.39, 0.29) is 18.4 Å². The molecule has 2 N–H and O–H groups in total. The molecular formula is C13H20BrClN2O2S. The van der Waals surface area contributed by atoms with Gasteiger partial charge in [0.1, 0.15) is 0 Å². The Balaban J connectivity index is 0.00000200. The summed E-state index contributed by atoms with van der Waals surface area (Å²) in [6.45, 7) is 2.84. The maximum atomic E-state index is 12.7. The average molecular weight is 384 g/mol. The molecule has 4 nitrogen and oxygen atoms in total. The molecule has 2 rings (SSSR count). The van der Waals surface area contributed by atoms with Crippen molar-refractivity contribution in [2.24, 2.45) is 5.73 Å². The molecule has 20 heavy (non-hydrogen) atoms. The number of aryl methyl sites for hydroxylation is 1. The highest BCUT2D eigenvalue weighted by Gasteiger charge is 2.32. The van der Waals surface area contributed by atoms with Crippen molar-refractivity contribution in [1.29, 1.82) is 0 Å². The zero-order valence-corrected chi connectivity index (χ0v) is 14.6. The fourth-order valence-corrected chi connectivity index (χ4v) is 5.11. The average Bonchev–Trinajstić information content (AvgIpc) is 2.37. The third-order valence-corrected chi connectivity index (χ3v) is 5.85. The van der Waals surface area contributed by atoms with Crippen molar-refractivity contribution in [1.82, 2.24) is 4.31 Å². The van der Waals surface area contributed by atoms with E-state index < -0.39 is 10.0 Å². The standard InChI is InChI=1S/C13H19BrN2O2S.ClH/c1-10-6-11(14)8-13(7-10)19(17,18)16-5-3-2-4-12(16)9-15;/h6-8,12H,2-5,9,15H2,1H3;1H. The summed E-state index contributed by atoms with van der Waals surface area (Å²) in [5.41, 5.74) is 6.64. The number of nitrogens with zero attached hydrogens (tertiary/aromatic N) is 1. The second kappa shape index (κ2) is 7.22.